The maximum atomic E-state index is 6.12. The number of methoxy groups -OCH3 is 1. The molecule has 0 saturated carbocycles. The van der Waals surface area contributed by atoms with Crippen LogP contribution in [0.15, 0.2) is 47.9 Å². The molecule has 0 fully saturated rings. The third-order valence-electron chi connectivity index (χ3n) is 2.49. The Kier molecular flexibility index (Phi) is 4.55. The van der Waals surface area contributed by atoms with E-state index in [1.807, 2.05) is 24.3 Å². The predicted molar refractivity (Wildman–Crippen MR) is 72.7 cm³/mol. The van der Waals surface area contributed by atoms with Crippen molar-refractivity contribution in [1.29, 1.82) is 0 Å². The van der Waals surface area contributed by atoms with E-state index >= 15 is 0 Å². The summed E-state index contributed by atoms with van der Waals surface area (Å²) in [5.74, 6) is 1.61. The van der Waals surface area contributed by atoms with Crippen LogP contribution in [0.25, 0.3) is 0 Å². The fourth-order valence-corrected chi connectivity index (χ4v) is 2.30. The second-order valence-electron chi connectivity index (χ2n) is 3.73. The summed E-state index contributed by atoms with van der Waals surface area (Å²) in [7, 11) is 1.65. The molecule has 1 aromatic heterocycles. The van der Waals surface area contributed by atoms with Crippen LogP contribution in [-0.4, -0.2) is 22.8 Å². The van der Waals surface area contributed by atoms with E-state index in [4.69, 9.17) is 10.5 Å². The van der Waals surface area contributed by atoms with Gasteiger partial charge in [0.25, 0.3) is 0 Å². The lowest BCUT2D eigenvalue weighted by Gasteiger charge is -2.11. The number of hydrogen-bond acceptors (Lipinski definition) is 5. The molecule has 18 heavy (non-hydrogen) atoms. The van der Waals surface area contributed by atoms with Crippen molar-refractivity contribution < 1.29 is 4.74 Å². The number of ether oxygens (including phenoxy) is 1. The lowest BCUT2D eigenvalue weighted by molar-refractivity contribution is 0.414. The molecule has 0 aliphatic heterocycles. The lowest BCUT2D eigenvalue weighted by Crippen LogP contribution is -2.12. The topological polar surface area (TPSA) is 61.0 Å². The molecule has 1 unspecified atom stereocenters. The minimum absolute atomic E-state index is 0.0251. The fraction of sp³-hybridized carbons (Fsp3) is 0.231. The van der Waals surface area contributed by atoms with Crippen LogP contribution in [0, 0.1) is 0 Å². The molecule has 0 amide bonds. The van der Waals surface area contributed by atoms with Gasteiger partial charge in [-0.1, -0.05) is 12.1 Å². The largest absolute Gasteiger partial charge is 0.497 e. The summed E-state index contributed by atoms with van der Waals surface area (Å²) < 4.78 is 5.11. The van der Waals surface area contributed by atoms with Gasteiger partial charge >= 0.3 is 0 Å². The first-order chi connectivity index (χ1) is 8.79. The van der Waals surface area contributed by atoms with Crippen molar-refractivity contribution in [2.45, 2.75) is 11.1 Å². The van der Waals surface area contributed by atoms with Crippen molar-refractivity contribution in [3.63, 3.8) is 0 Å². The SMILES string of the molecule is COc1ccc(C(N)CSc2cnccn2)cc1. The normalized spacial score (nSPS) is 12.1. The molecule has 2 N–H and O–H groups in total. The van der Waals surface area contributed by atoms with E-state index < -0.39 is 0 Å². The van der Waals surface area contributed by atoms with Gasteiger partial charge in [-0.2, -0.15) is 0 Å². The highest BCUT2D eigenvalue weighted by Gasteiger charge is 2.07. The van der Waals surface area contributed by atoms with Crippen LogP contribution in [0.5, 0.6) is 5.75 Å². The molecule has 0 saturated heterocycles. The highest BCUT2D eigenvalue weighted by molar-refractivity contribution is 7.99. The summed E-state index contributed by atoms with van der Waals surface area (Å²) in [5.41, 5.74) is 7.21. The van der Waals surface area contributed by atoms with Crippen LogP contribution in [0.4, 0.5) is 0 Å². The van der Waals surface area contributed by atoms with E-state index in [9.17, 15) is 0 Å². The van der Waals surface area contributed by atoms with Crippen molar-refractivity contribution >= 4 is 11.8 Å². The number of benzene rings is 1. The summed E-state index contributed by atoms with van der Waals surface area (Å²) in [6, 6.07) is 7.79. The number of nitrogens with zero attached hydrogens (tertiary/aromatic N) is 2. The zero-order valence-electron chi connectivity index (χ0n) is 10.1. The average Bonchev–Trinajstić information content (AvgIpc) is 2.46. The van der Waals surface area contributed by atoms with Gasteiger partial charge < -0.3 is 10.5 Å². The number of aromatic nitrogens is 2. The molecule has 0 spiro atoms. The molecule has 1 atom stereocenters. The Morgan fingerprint density at radius 3 is 2.67 bits per heavy atom. The van der Waals surface area contributed by atoms with Gasteiger partial charge in [0.15, 0.2) is 0 Å². The van der Waals surface area contributed by atoms with Crippen LogP contribution in [-0.2, 0) is 0 Å². The standard InChI is InChI=1S/C13H15N3OS/c1-17-11-4-2-10(3-5-11)12(14)9-18-13-8-15-6-7-16-13/h2-8,12H,9,14H2,1H3. The predicted octanol–water partition coefficient (Wildman–Crippen LogP) is 2.28. The van der Waals surface area contributed by atoms with Gasteiger partial charge in [0.1, 0.15) is 10.8 Å². The smallest absolute Gasteiger partial charge is 0.118 e. The molecular formula is C13H15N3OS. The van der Waals surface area contributed by atoms with Gasteiger partial charge in [0.2, 0.25) is 0 Å². The van der Waals surface area contributed by atoms with E-state index in [1.165, 1.54) is 0 Å². The quantitative estimate of drug-likeness (QED) is 0.837. The maximum absolute atomic E-state index is 6.12. The number of nitrogens with two attached hydrogens (primary N) is 1. The molecular weight excluding hydrogens is 246 g/mol. The molecule has 1 heterocycles. The van der Waals surface area contributed by atoms with Crippen molar-refractivity contribution in [1.82, 2.24) is 9.97 Å². The summed E-state index contributed by atoms with van der Waals surface area (Å²) in [5, 5.41) is 0.890. The van der Waals surface area contributed by atoms with E-state index in [0.717, 1.165) is 22.1 Å². The van der Waals surface area contributed by atoms with E-state index in [-0.39, 0.29) is 6.04 Å². The first-order valence-electron chi connectivity index (χ1n) is 5.58. The molecule has 94 valence electrons. The third kappa shape index (κ3) is 3.45. The van der Waals surface area contributed by atoms with Gasteiger partial charge in [-0.25, -0.2) is 4.98 Å². The first-order valence-corrected chi connectivity index (χ1v) is 6.56. The molecule has 4 nitrogen and oxygen atoms in total. The third-order valence-corrected chi connectivity index (χ3v) is 3.53. The van der Waals surface area contributed by atoms with E-state index in [1.54, 1.807) is 37.5 Å². The molecule has 0 aliphatic carbocycles. The van der Waals surface area contributed by atoms with Crippen molar-refractivity contribution in [2.75, 3.05) is 12.9 Å². The zero-order chi connectivity index (χ0) is 12.8. The van der Waals surface area contributed by atoms with Gasteiger partial charge in [-0.05, 0) is 17.7 Å². The molecule has 1 aromatic carbocycles. The number of rotatable bonds is 5. The summed E-state index contributed by atoms with van der Waals surface area (Å²) >= 11 is 1.60. The van der Waals surface area contributed by atoms with Crippen LogP contribution in [0.1, 0.15) is 11.6 Å². The molecule has 0 aliphatic rings. The van der Waals surface area contributed by atoms with Gasteiger partial charge in [0, 0.05) is 24.2 Å². The van der Waals surface area contributed by atoms with Crippen molar-refractivity contribution in [3.05, 3.63) is 48.4 Å². The fourth-order valence-electron chi connectivity index (χ4n) is 1.48. The van der Waals surface area contributed by atoms with Crippen LogP contribution < -0.4 is 10.5 Å². The maximum Gasteiger partial charge on any atom is 0.118 e. The van der Waals surface area contributed by atoms with E-state index in [0.29, 0.717) is 0 Å². The first kappa shape index (κ1) is 12.9. The Morgan fingerprint density at radius 2 is 2.06 bits per heavy atom. The molecule has 2 rings (SSSR count). The minimum Gasteiger partial charge on any atom is -0.497 e. The summed E-state index contributed by atoms with van der Waals surface area (Å²) in [6.07, 6.45) is 5.08. The molecule has 2 aromatic rings. The Balaban J connectivity index is 1.93. The van der Waals surface area contributed by atoms with Gasteiger partial charge in [-0.3, -0.25) is 4.98 Å². The highest BCUT2D eigenvalue weighted by atomic mass is 32.2. The monoisotopic (exact) mass is 261 g/mol. The average molecular weight is 261 g/mol. The summed E-state index contributed by atoms with van der Waals surface area (Å²) in [4.78, 5) is 8.21. The Labute approximate surface area is 111 Å². The van der Waals surface area contributed by atoms with Gasteiger partial charge in [-0.15, -0.1) is 11.8 Å². The van der Waals surface area contributed by atoms with Crippen LogP contribution >= 0.6 is 11.8 Å². The van der Waals surface area contributed by atoms with Crippen molar-refractivity contribution in [3.8, 4) is 5.75 Å². The van der Waals surface area contributed by atoms with Crippen molar-refractivity contribution in [2.24, 2.45) is 5.73 Å². The number of hydrogen-bond donors (Lipinski definition) is 1. The number of thioether (sulfide) groups is 1. The second kappa shape index (κ2) is 6.37. The second-order valence-corrected chi connectivity index (χ2v) is 4.77. The van der Waals surface area contributed by atoms with Gasteiger partial charge in [0.05, 0.1) is 13.3 Å². The van der Waals surface area contributed by atoms with Crippen LogP contribution in [0.2, 0.25) is 0 Å². The molecule has 0 bridgehead atoms. The van der Waals surface area contributed by atoms with Crippen LogP contribution in [0.3, 0.4) is 0 Å². The Morgan fingerprint density at radius 1 is 1.28 bits per heavy atom. The Bertz CT molecular complexity index is 475. The molecule has 0 radical (unpaired) electrons. The molecule has 5 heteroatoms. The summed E-state index contributed by atoms with van der Waals surface area (Å²) in [6.45, 7) is 0. The zero-order valence-corrected chi connectivity index (χ0v) is 10.9. The van der Waals surface area contributed by atoms with E-state index in [2.05, 4.69) is 9.97 Å². The minimum atomic E-state index is -0.0251. The highest BCUT2D eigenvalue weighted by Crippen LogP contribution is 2.22. The lowest BCUT2D eigenvalue weighted by atomic mass is 10.1. The Hall–Kier alpha value is -1.59.